The maximum absolute atomic E-state index is 12.6. The summed E-state index contributed by atoms with van der Waals surface area (Å²) in [4.78, 5) is 0.233. The van der Waals surface area contributed by atoms with Gasteiger partial charge < -0.3 is 10.2 Å². The standard InChI is InChI=1S/C14H24N2O3S/c1-9-4-6-12(7-5-9)16-20(17,18)14-11(3)19-10(2)13(14)8-15/h9,12,16H,4-8,15H2,1-3H3. The number of nitrogens with one attached hydrogen (secondary N) is 1. The minimum absolute atomic E-state index is 0.0245. The van der Waals surface area contributed by atoms with Crippen LogP contribution in [0.1, 0.15) is 49.7 Å². The average molecular weight is 300 g/mol. The lowest BCUT2D eigenvalue weighted by Gasteiger charge is -2.26. The molecule has 1 saturated carbocycles. The monoisotopic (exact) mass is 300 g/mol. The third kappa shape index (κ3) is 3.07. The molecule has 0 radical (unpaired) electrons. The number of nitrogens with two attached hydrogens (primary N) is 1. The highest BCUT2D eigenvalue weighted by Gasteiger charge is 2.29. The van der Waals surface area contributed by atoms with Crippen LogP contribution in [0.2, 0.25) is 0 Å². The molecular weight excluding hydrogens is 276 g/mol. The van der Waals surface area contributed by atoms with Gasteiger partial charge in [0.1, 0.15) is 16.4 Å². The molecule has 1 fully saturated rings. The lowest BCUT2D eigenvalue weighted by molar-refractivity contribution is 0.332. The third-order valence-corrected chi connectivity index (χ3v) is 5.85. The van der Waals surface area contributed by atoms with Crippen LogP contribution in [0.5, 0.6) is 0 Å². The van der Waals surface area contributed by atoms with Crippen LogP contribution < -0.4 is 10.5 Å². The summed E-state index contributed by atoms with van der Waals surface area (Å²) >= 11 is 0. The number of aryl methyl sites for hydroxylation is 2. The van der Waals surface area contributed by atoms with Gasteiger partial charge in [0, 0.05) is 18.2 Å². The van der Waals surface area contributed by atoms with E-state index in [2.05, 4.69) is 11.6 Å². The fourth-order valence-corrected chi connectivity index (χ4v) is 4.72. The van der Waals surface area contributed by atoms with E-state index in [9.17, 15) is 8.42 Å². The molecule has 6 heteroatoms. The maximum atomic E-state index is 12.6. The molecule has 0 amide bonds. The predicted molar refractivity (Wildman–Crippen MR) is 77.8 cm³/mol. The summed E-state index contributed by atoms with van der Waals surface area (Å²) in [5.74, 6) is 1.69. The van der Waals surface area contributed by atoms with Crippen molar-refractivity contribution in [1.82, 2.24) is 4.72 Å². The normalized spacial score (nSPS) is 24.0. The Hall–Kier alpha value is -0.850. The van der Waals surface area contributed by atoms with Crippen LogP contribution in [0.25, 0.3) is 0 Å². The van der Waals surface area contributed by atoms with Crippen LogP contribution in [0.4, 0.5) is 0 Å². The van der Waals surface area contributed by atoms with Crippen LogP contribution >= 0.6 is 0 Å². The van der Waals surface area contributed by atoms with Crippen molar-refractivity contribution in [3.8, 4) is 0 Å². The second kappa shape index (κ2) is 5.87. The summed E-state index contributed by atoms with van der Waals surface area (Å²) in [7, 11) is -3.55. The smallest absolute Gasteiger partial charge is 0.244 e. The van der Waals surface area contributed by atoms with E-state index in [4.69, 9.17) is 10.2 Å². The van der Waals surface area contributed by atoms with E-state index < -0.39 is 10.0 Å². The SMILES string of the molecule is Cc1oc(C)c(S(=O)(=O)NC2CCC(C)CC2)c1CN. The van der Waals surface area contributed by atoms with E-state index in [1.165, 1.54) is 0 Å². The average Bonchev–Trinajstić information content (AvgIpc) is 2.66. The molecule has 114 valence electrons. The Morgan fingerprint density at radius 3 is 2.35 bits per heavy atom. The van der Waals surface area contributed by atoms with Gasteiger partial charge in [0.25, 0.3) is 0 Å². The van der Waals surface area contributed by atoms with Crippen LogP contribution in [0.15, 0.2) is 9.31 Å². The van der Waals surface area contributed by atoms with Gasteiger partial charge in [-0.3, -0.25) is 0 Å². The summed E-state index contributed by atoms with van der Waals surface area (Å²) in [6.07, 6.45) is 3.93. The first-order chi connectivity index (χ1) is 9.35. The molecule has 0 bridgehead atoms. The molecule has 0 spiro atoms. The Morgan fingerprint density at radius 1 is 1.20 bits per heavy atom. The first-order valence-electron chi connectivity index (χ1n) is 7.16. The molecule has 1 heterocycles. The highest BCUT2D eigenvalue weighted by atomic mass is 32.2. The minimum Gasteiger partial charge on any atom is -0.465 e. The summed E-state index contributed by atoms with van der Waals surface area (Å²) in [6.45, 7) is 5.79. The molecule has 1 aliphatic carbocycles. The van der Waals surface area contributed by atoms with Crippen LogP contribution in [0, 0.1) is 19.8 Å². The molecule has 0 saturated heterocycles. The number of sulfonamides is 1. The Labute approximate surface area is 121 Å². The largest absolute Gasteiger partial charge is 0.465 e. The van der Waals surface area contributed by atoms with Gasteiger partial charge in [-0.15, -0.1) is 0 Å². The van der Waals surface area contributed by atoms with Gasteiger partial charge in [0.05, 0.1) is 0 Å². The third-order valence-electron chi connectivity index (χ3n) is 4.14. The molecule has 2 rings (SSSR count). The van der Waals surface area contributed by atoms with Crippen LogP contribution in [-0.2, 0) is 16.6 Å². The highest BCUT2D eigenvalue weighted by Crippen LogP contribution is 2.29. The van der Waals surface area contributed by atoms with Gasteiger partial charge in [-0.1, -0.05) is 6.92 Å². The van der Waals surface area contributed by atoms with Crippen molar-refractivity contribution in [2.75, 3.05) is 0 Å². The number of furan rings is 1. The fourth-order valence-electron chi connectivity index (χ4n) is 2.95. The van der Waals surface area contributed by atoms with Crippen molar-refractivity contribution >= 4 is 10.0 Å². The van der Waals surface area contributed by atoms with E-state index in [0.717, 1.165) is 25.7 Å². The zero-order valence-corrected chi connectivity index (χ0v) is 13.2. The van der Waals surface area contributed by atoms with E-state index in [0.29, 0.717) is 23.0 Å². The second-order valence-corrected chi connectivity index (χ2v) is 7.46. The van der Waals surface area contributed by atoms with E-state index in [1.54, 1.807) is 13.8 Å². The summed E-state index contributed by atoms with van der Waals surface area (Å²) in [5, 5.41) is 0. The summed E-state index contributed by atoms with van der Waals surface area (Å²) in [6, 6.07) is 0.0245. The van der Waals surface area contributed by atoms with Gasteiger partial charge in [-0.05, 0) is 45.4 Å². The zero-order chi connectivity index (χ0) is 14.9. The van der Waals surface area contributed by atoms with Gasteiger partial charge in [-0.25, -0.2) is 13.1 Å². The molecular formula is C14H24N2O3S. The lowest BCUT2D eigenvalue weighted by atomic mass is 9.88. The number of hydrogen-bond donors (Lipinski definition) is 2. The van der Waals surface area contributed by atoms with Gasteiger partial charge >= 0.3 is 0 Å². The maximum Gasteiger partial charge on any atom is 0.244 e. The number of hydrogen-bond acceptors (Lipinski definition) is 4. The molecule has 0 unspecified atom stereocenters. The Bertz CT molecular complexity index is 569. The lowest BCUT2D eigenvalue weighted by Crippen LogP contribution is -2.37. The molecule has 0 aromatic carbocycles. The van der Waals surface area contributed by atoms with Gasteiger partial charge in [-0.2, -0.15) is 0 Å². The van der Waals surface area contributed by atoms with Crippen molar-refractivity contribution in [3.05, 3.63) is 17.1 Å². The van der Waals surface area contributed by atoms with E-state index >= 15 is 0 Å². The van der Waals surface area contributed by atoms with Crippen molar-refractivity contribution in [3.63, 3.8) is 0 Å². The zero-order valence-electron chi connectivity index (χ0n) is 12.4. The molecule has 20 heavy (non-hydrogen) atoms. The fraction of sp³-hybridized carbons (Fsp3) is 0.714. The molecule has 1 aromatic rings. The van der Waals surface area contributed by atoms with E-state index in [-0.39, 0.29) is 17.5 Å². The van der Waals surface area contributed by atoms with Crippen LogP contribution in [-0.4, -0.2) is 14.5 Å². The molecule has 0 atom stereocenters. The second-order valence-electron chi connectivity index (χ2n) is 5.80. The van der Waals surface area contributed by atoms with Gasteiger partial charge in [0.15, 0.2) is 0 Å². The molecule has 1 aromatic heterocycles. The molecule has 0 aliphatic heterocycles. The Kier molecular flexibility index (Phi) is 4.56. The van der Waals surface area contributed by atoms with Gasteiger partial charge in [0.2, 0.25) is 10.0 Å². The van der Waals surface area contributed by atoms with Crippen molar-refractivity contribution in [1.29, 1.82) is 0 Å². The van der Waals surface area contributed by atoms with E-state index in [1.807, 2.05) is 0 Å². The van der Waals surface area contributed by atoms with Crippen molar-refractivity contribution in [2.24, 2.45) is 11.7 Å². The van der Waals surface area contributed by atoms with Crippen molar-refractivity contribution in [2.45, 2.75) is 63.9 Å². The molecule has 5 nitrogen and oxygen atoms in total. The minimum atomic E-state index is -3.55. The quantitative estimate of drug-likeness (QED) is 0.892. The Balaban J connectivity index is 2.23. The first kappa shape index (κ1) is 15.5. The Morgan fingerprint density at radius 2 is 1.80 bits per heavy atom. The molecule has 3 N–H and O–H groups in total. The van der Waals surface area contributed by atoms with Crippen LogP contribution in [0.3, 0.4) is 0 Å². The molecule has 1 aliphatic rings. The van der Waals surface area contributed by atoms with Crippen molar-refractivity contribution < 1.29 is 12.8 Å². The first-order valence-corrected chi connectivity index (χ1v) is 8.64. The predicted octanol–water partition coefficient (Wildman–Crippen LogP) is 2.21. The topological polar surface area (TPSA) is 85.3 Å². The highest BCUT2D eigenvalue weighted by molar-refractivity contribution is 7.89. The number of rotatable bonds is 4. The summed E-state index contributed by atoms with van der Waals surface area (Å²) < 4.78 is 33.4. The summed E-state index contributed by atoms with van der Waals surface area (Å²) in [5.41, 5.74) is 6.24.